The number of benzene rings is 4. The van der Waals surface area contributed by atoms with Crippen LogP contribution in [0.5, 0.6) is 0 Å². The van der Waals surface area contributed by atoms with Crippen LogP contribution in [0.25, 0.3) is 10.8 Å². The lowest BCUT2D eigenvalue weighted by molar-refractivity contribution is -0.141. The number of rotatable bonds is 9. The molecule has 0 aliphatic heterocycles. The summed E-state index contributed by atoms with van der Waals surface area (Å²) in [6.07, 6.45) is 6.88. The van der Waals surface area contributed by atoms with Crippen molar-refractivity contribution in [1.29, 1.82) is 0 Å². The van der Waals surface area contributed by atoms with Crippen molar-refractivity contribution >= 4 is 34.4 Å². The molecule has 2 unspecified atom stereocenters. The number of nitrogens with zero attached hydrogens (tertiary/aromatic N) is 1. The van der Waals surface area contributed by atoms with Gasteiger partial charge in [0.05, 0.1) is 0 Å². The quantitative estimate of drug-likeness (QED) is 0.215. The van der Waals surface area contributed by atoms with Crippen molar-refractivity contribution in [3.63, 3.8) is 0 Å². The first-order chi connectivity index (χ1) is 21.1. The molecule has 4 aromatic rings. The summed E-state index contributed by atoms with van der Waals surface area (Å²) in [6, 6.07) is 28.0. The molecule has 1 saturated carbocycles. The van der Waals surface area contributed by atoms with Crippen LogP contribution in [0.4, 0.5) is 10.5 Å². The van der Waals surface area contributed by atoms with Gasteiger partial charge in [0.2, 0.25) is 5.91 Å². The van der Waals surface area contributed by atoms with Crippen LogP contribution in [0.3, 0.4) is 0 Å². The Morgan fingerprint density at radius 1 is 0.909 bits per heavy atom. The van der Waals surface area contributed by atoms with Crippen LogP contribution >= 0.6 is 0 Å². The minimum atomic E-state index is -1.03. The number of carbonyl (C=O) groups excluding carboxylic acids is 3. The van der Waals surface area contributed by atoms with E-state index in [1.54, 1.807) is 37.8 Å². The van der Waals surface area contributed by atoms with Gasteiger partial charge in [0, 0.05) is 23.7 Å². The molecule has 0 spiro atoms. The fraction of sp³-hybridized carbons (Fsp3) is 0.270. The van der Waals surface area contributed by atoms with Gasteiger partial charge in [-0.2, -0.15) is 0 Å². The minimum absolute atomic E-state index is 0.195. The standard InChI is InChI=1S/C37H37N3O4/c1-5-26-15-11-12-18-31(26)33(34(41)38-29-20-19-27-16-9-10-17-28(27)24-29)40(30-21-22-30)35(42)32(23-25-13-7-6-8-14-25)39-36(43)44-37(2,3)4/h1,6-20,24,30,32-33H,21-23H2,2-4H3,(H,38,41)(H,39,43). The molecule has 224 valence electrons. The van der Waals surface area contributed by atoms with Gasteiger partial charge in [-0.3, -0.25) is 9.59 Å². The second-order valence-electron chi connectivity index (χ2n) is 12.1. The zero-order chi connectivity index (χ0) is 31.3. The van der Waals surface area contributed by atoms with Crippen LogP contribution in [0, 0.1) is 12.3 Å². The van der Waals surface area contributed by atoms with Gasteiger partial charge >= 0.3 is 6.09 Å². The first-order valence-electron chi connectivity index (χ1n) is 14.8. The lowest BCUT2D eigenvalue weighted by atomic mass is 9.96. The molecule has 7 nitrogen and oxygen atoms in total. The third-order valence-corrected chi connectivity index (χ3v) is 7.42. The van der Waals surface area contributed by atoms with Gasteiger partial charge in [-0.25, -0.2) is 4.79 Å². The Labute approximate surface area is 258 Å². The largest absolute Gasteiger partial charge is 0.444 e. The fourth-order valence-corrected chi connectivity index (χ4v) is 5.31. The lowest BCUT2D eigenvalue weighted by Gasteiger charge is -2.35. The number of anilines is 1. The molecule has 1 aliphatic carbocycles. The Bertz CT molecular complexity index is 1700. The highest BCUT2D eigenvalue weighted by atomic mass is 16.6. The third-order valence-electron chi connectivity index (χ3n) is 7.42. The summed E-state index contributed by atoms with van der Waals surface area (Å²) in [4.78, 5) is 43.5. The molecule has 1 fully saturated rings. The topological polar surface area (TPSA) is 87.7 Å². The zero-order valence-corrected chi connectivity index (χ0v) is 25.2. The van der Waals surface area contributed by atoms with Crippen LogP contribution in [0.2, 0.25) is 0 Å². The van der Waals surface area contributed by atoms with E-state index in [0.29, 0.717) is 16.8 Å². The number of hydrogen-bond acceptors (Lipinski definition) is 4. The first kappa shape index (κ1) is 30.4. The van der Waals surface area contributed by atoms with Crippen molar-refractivity contribution < 1.29 is 19.1 Å². The van der Waals surface area contributed by atoms with Crippen molar-refractivity contribution in [3.8, 4) is 12.3 Å². The molecule has 7 heteroatoms. The maximum atomic E-state index is 14.6. The highest BCUT2D eigenvalue weighted by Crippen LogP contribution is 2.37. The molecule has 0 radical (unpaired) electrons. The molecule has 0 saturated heterocycles. The third kappa shape index (κ3) is 7.45. The Morgan fingerprint density at radius 3 is 2.25 bits per heavy atom. The first-order valence-corrected chi connectivity index (χ1v) is 14.8. The second-order valence-corrected chi connectivity index (χ2v) is 12.1. The van der Waals surface area contributed by atoms with Crippen molar-refractivity contribution in [2.45, 2.75) is 63.8 Å². The summed E-state index contributed by atoms with van der Waals surface area (Å²) in [5, 5.41) is 7.88. The summed E-state index contributed by atoms with van der Waals surface area (Å²) in [6.45, 7) is 5.29. The molecule has 2 N–H and O–H groups in total. The highest BCUT2D eigenvalue weighted by molar-refractivity contribution is 6.01. The molecular weight excluding hydrogens is 550 g/mol. The maximum absolute atomic E-state index is 14.6. The van der Waals surface area contributed by atoms with Crippen molar-refractivity contribution in [2.24, 2.45) is 0 Å². The predicted molar refractivity (Wildman–Crippen MR) is 173 cm³/mol. The molecule has 4 aromatic carbocycles. The van der Waals surface area contributed by atoms with Crippen molar-refractivity contribution in [3.05, 3.63) is 114 Å². The zero-order valence-electron chi connectivity index (χ0n) is 25.2. The SMILES string of the molecule is C#Cc1ccccc1C(C(=O)Nc1ccc2ccccc2c1)N(C(=O)C(Cc1ccccc1)NC(=O)OC(C)(C)C)C1CC1. The van der Waals surface area contributed by atoms with E-state index in [2.05, 4.69) is 16.6 Å². The van der Waals surface area contributed by atoms with E-state index in [0.717, 1.165) is 29.2 Å². The number of fused-ring (bicyclic) bond motifs is 1. The number of nitrogens with one attached hydrogen (secondary N) is 2. The smallest absolute Gasteiger partial charge is 0.408 e. The van der Waals surface area contributed by atoms with E-state index < -0.39 is 23.8 Å². The van der Waals surface area contributed by atoms with Gasteiger partial charge in [0.1, 0.15) is 17.7 Å². The van der Waals surface area contributed by atoms with Crippen LogP contribution in [0.1, 0.15) is 56.3 Å². The van der Waals surface area contributed by atoms with Gasteiger partial charge in [-0.05, 0) is 73.7 Å². The Hall–Kier alpha value is -5.09. The maximum Gasteiger partial charge on any atom is 0.408 e. The average Bonchev–Trinajstić information content (AvgIpc) is 3.84. The molecule has 0 heterocycles. The summed E-state index contributed by atoms with van der Waals surface area (Å²) in [5.74, 6) is 1.92. The van der Waals surface area contributed by atoms with E-state index in [1.165, 1.54) is 0 Å². The Kier molecular flexibility index (Phi) is 9.01. The van der Waals surface area contributed by atoms with Gasteiger partial charge < -0.3 is 20.3 Å². The molecule has 2 atom stereocenters. The predicted octanol–water partition coefficient (Wildman–Crippen LogP) is 6.63. The second kappa shape index (κ2) is 13.0. The molecule has 0 aromatic heterocycles. The molecule has 3 amide bonds. The van der Waals surface area contributed by atoms with Crippen molar-refractivity contribution in [1.82, 2.24) is 10.2 Å². The van der Waals surface area contributed by atoms with Crippen LogP contribution in [-0.2, 0) is 20.7 Å². The van der Waals surface area contributed by atoms with E-state index in [1.807, 2.05) is 84.9 Å². The van der Waals surface area contributed by atoms with E-state index in [-0.39, 0.29) is 24.3 Å². The van der Waals surface area contributed by atoms with Crippen molar-refractivity contribution in [2.75, 3.05) is 5.32 Å². The van der Waals surface area contributed by atoms with Gasteiger partial charge in [0.25, 0.3) is 5.91 Å². The van der Waals surface area contributed by atoms with E-state index >= 15 is 0 Å². The summed E-state index contributed by atoms with van der Waals surface area (Å²) in [7, 11) is 0. The molecule has 1 aliphatic rings. The lowest BCUT2D eigenvalue weighted by Crippen LogP contribution is -2.54. The molecule has 0 bridgehead atoms. The Balaban J connectivity index is 1.54. The monoisotopic (exact) mass is 587 g/mol. The van der Waals surface area contributed by atoms with E-state index in [9.17, 15) is 14.4 Å². The van der Waals surface area contributed by atoms with Crippen LogP contribution in [0.15, 0.2) is 97.1 Å². The number of hydrogen-bond donors (Lipinski definition) is 2. The summed E-state index contributed by atoms with van der Waals surface area (Å²) >= 11 is 0. The van der Waals surface area contributed by atoms with Gasteiger partial charge in [0.15, 0.2) is 0 Å². The van der Waals surface area contributed by atoms with Gasteiger partial charge in [-0.1, -0.05) is 84.8 Å². The number of alkyl carbamates (subject to hydrolysis) is 1. The number of amides is 3. The summed E-state index contributed by atoms with van der Waals surface area (Å²) in [5.41, 5.74) is 1.77. The molecular formula is C37H37N3O4. The minimum Gasteiger partial charge on any atom is -0.444 e. The van der Waals surface area contributed by atoms with Crippen LogP contribution in [-0.4, -0.2) is 40.5 Å². The fourth-order valence-electron chi connectivity index (χ4n) is 5.31. The summed E-state index contributed by atoms with van der Waals surface area (Å²) < 4.78 is 5.53. The number of terminal acetylenes is 1. The average molecular weight is 588 g/mol. The van der Waals surface area contributed by atoms with Crippen LogP contribution < -0.4 is 10.6 Å². The Morgan fingerprint density at radius 2 is 1.57 bits per heavy atom. The highest BCUT2D eigenvalue weighted by Gasteiger charge is 2.44. The number of carbonyl (C=O) groups is 3. The van der Waals surface area contributed by atoms with Gasteiger partial charge in [-0.15, -0.1) is 6.42 Å². The normalized spacial score (nSPS) is 14.1. The molecule has 44 heavy (non-hydrogen) atoms. The number of ether oxygens (including phenoxy) is 1. The molecule has 5 rings (SSSR count). The van der Waals surface area contributed by atoms with E-state index in [4.69, 9.17) is 11.2 Å².